The Morgan fingerprint density at radius 2 is 1.40 bits per heavy atom. The van der Waals surface area contributed by atoms with Crippen molar-refractivity contribution >= 4 is 8.69 Å². The first-order valence-corrected chi connectivity index (χ1v) is 1.71. The van der Waals surface area contributed by atoms with Crippen LogP contribution in [0.25, 0.3) is 0 Å². The van der Waals surface area contributed by atoms with E-state index in [9.17, 15) is 4.20 Å². The molecular weight excluding hydrogens is 138 g/mol. The molecule has 0 saturated heterocycles. The standard InChI is InChI=1S/FH2O2P.Fe/c1-4(2)3;/h2-3H;. The second-order valence-corrected chi connectivity index (χ2v) is 0.722. The average Bonchev–Trinajstić information content (AvgIpc) is 0.811. The third-order valence-corrected chi connectivity index (χ3v) is 0. The predicted molar refractivity (Wildman–Crippen MR) is 12.5 cm³/mol. The van der Waals surface area contributed by atoms with E-state index in [-0.39, 0.29) is 17.1 Å². The maximum atomic E-state index is 10.2. The van der Waals surface area contributed by atoms with Crippen LogP contribution in [0.5, 0.6) is 0 Å². The van der Waals surface area contributed by atoms with E-state index in [0.29, 0.717) is 0 Å². The van der Waals surface area contributed by atoms with Gasteiger partial charge in [0.25, 0.3) is 0 Å². The minimum absolute atomic E-state index is 0. The number of rotatable bonds is 0. The molecular formula is H2FFeO2P. The van der Waals surface area contributed by atoms with Crippen LogP contribution in [0.2, 0.25) is 0 Å². The molecule has 5 heavy (non-hydrogen) atoms. The Hall–Kier alpha value is 0.799. The van der Waals surface area contributed by atoms with Crippen LogP contribution in [0.4, 0.5) is 4.20 Å². The number of hydrogen-bond donors (Lipinski definition) is 2. The molecule has 0 bridgehead atoms. The average molecular weight is 140 g/mol. The molecule has 0 fully saturated rings. The molecule has 0 aromatic rings. The van der Waals surface area contributed by atoms with Crippen molar-refractivity contribution in [1.82, 2.24) is 0 Å². The Morgan fingerprint density at radius 1 is 1.40 bits per heavy atom. The second kappa shape index (κ2) is 4.80. The minimum atomic E-state index is -3.12. The zero-order valence-corrected chi connectivity index (χ0v) is 4.07. The molecule has 0 saturated carbocycles. The monoisotopic (exact) mass is 140 g/mol. The molecule has 0 aliphatic carbocycles. The molecule has 0 amide bonds. The Morgan fingerprint density at radius 3 is 1.40 bits per heavy atom. The van der Waals surface area contributed by atoms with Crippen molar-refractivity contribution in [2.75, 3.05) is 0 Å². The maximum Gasteiger partial charge on any atom is 0.369 e. The zero-order chi connectivity index (χ0) is 3.58. The van der Waals surface area contributed by atoms with Crippen molar-refractivity contribution in [2.24, 2.45) is 0 Å². The molecule has 0 aromatic carbocycles. The first kappa shape index (κ1) is 9.25. The molecule has 0 aliphatic rings. The van der Waals surface area contributed by atoms with Crippen molar-refractivity contribution in [1.29, 1.82) is 0 Å². The van der Waals surface area contributed by atoms with Gasteiger partial charge in [-0.2, -0.15) is 4.20 Å². The largest absolute Gasteiger partial charge is 0.369 e. The topological polar surface area (TPSA) is 40.5 Å². The third kappa shape index (κ3) is 58.8. The van der Waals surface area contributed by atoms with Crippen LogP contribution in [0, 0.1) is 0 Å². The van der Waals surface area contributed by atoms with Crippen LogP contribution >= 0.6 is 8.69 Å². The molecule has 0 rings (SSSR count). The van der Waals surface area contributed by atoms with Crippen LogP contribution in [0.15, 0.2) is 0 Å². The Bertz CT molecular complexity index is 14.4. The Labute approximate surface area is 40.5 Å². The molecule has 0 unspecified atom stereocenters. The van der Waals surface area contributed by atoms with Crippen molar-refractivity contribution in [3.63, 3.8) is 0 Å². The molecule has 0 spiro atoms. The molecule has 0 aliphatic heterocycles. The second-order valence-electron chi connectivity index (χ2n) is 0.241. The van der Waals surface area contributed by atoms with E-state index in [1.165, 1.54) is 0 Å². The van der Waals surface area contributed by atoms with Gasteiger partial charge in [0.15, 0.2) is 0 Å². The molecule has 0 radical (unpaired) electrons. The fourth-order valence-electron chi connectivity index (χ4n) is 0. The fourth-order valence-corrected chi connectivity index (χ4v) is 0. The molecule has 2 N–H and O–H groups in total. The summed E-state index contributed by atoms with van der Waals surface area (Å²) in [5.41, 5.74) is 0. The number of hydrogen-bond acceptors (Lipinski definition) is 2. The molecule has 5 heteroatoms. The van der Waals surface area contributed by atoms with E-state index in [2.05, 4.69) is 0 Å². The van der Waals surface area contributed by atoms with Gasteiger partial charge in [-0.3, -0.25) is 0 Å². The van der Waals surface area contributed by atoms with Gasteiger partial charge in [0.2, 0.25) is 0 Å². The molecule has 0 atom stereocenters. The van der Waals surface area contributed by atoms with Crippen LogP contribution in [0.3, 0.4) is 0 Å². The van der Waals surface area contributed by atoms with Gasteiger partial charge in [-0.15, -0.1) is 0 Å². The van der Waals surface area contributed by atoms with Gasteiger partial charge in [0.1, 0.15) is 0 Å². The molecule has 0 heterocycles. The molecule has 2 nitrogen and oxygen atoms in total. The van der Waals surface area contributed by atoms with Gasteiger partial charge >= 0.3 is 8.69 Å². The minimum Gasteiger partial charge on any atom is -0.325 e. The summed E-state index contributed by atoms with van der Waals surface area (Å²) in [6, 6.07) is 0. The van der Waals surface area contributed by atoms with Gasteiger partial charge in [0, 0.05) is 17.1 Å². The van der Waals surface area contributed by atoms with Crippen molar-refractivity contribution < 1.29 is 31.1 Å². The van der Waals surface area contributed by atoms with Gasteiger partial charge < -0.3 is 9.79 Å². The van der Waals surface area contributed by atoms with Gasteiger partial charge in [-0.25, -0.2) is 0 Å². The summed E-state index contributed by atoms with van der Waals surface area (Å²) < 4.78 is 10.2. The van der Waals surface area contributed by atoms with Crippen LogP contribution in [0.1, 0.15) is 0 Å². The smallest absolute Gasteiger partial charge is 0.325 e. The van der Waals surface area contributed by atoms with E-state index in [1.807, 2.05) is 0 Å². The zero-order valence-electron chi connectivity index (χ0n) is 2.07. The van der Waals surface area contributed by atoms with Crippen molar-refractivity contribution in [3.8, 4) is 0 Å². The van der Waals surface area contributed by atoms with Crippen LogP contribution in [-0.2, 0) is 17.1 Å². The predicted octanol–water partition coefficient (Wildman–Crippen LogP) is 0.165. The van der Waals surface area contributed by atoms with Gasteiger partial charge in [-0.05, 0) is 0 Å². The summed E-state index contributed by atoms with van der Waals surface area (Å²) in [5.74, 6) is 0. The third-order valence-electron chi connectivity index (χ3n) is 0. The van der Waals surface area contributed by atoms with Gasteiger partial charge in [0.05, 0.1) is 0 Å². The first-order valence-electron chi connectivity index (χ1n) is 0.569. The SMILES string of the molecule is OP(O)F.[Fe]. The quantitative estimate of drug-likeness (QED) is 0.371. The normalized spacial score (nSPS) is 7.20. The fraction of sp³-hybridized carbons (Fsp3) is 0. The Kier molecular flexibility index (Phi) is 8.88. The summed E-state index contributed by atoms with van der Waals surface area (Å²) in [6.45, 7) is 0. The number of halogens is 1. The van der Waals surface area contributed by atoms with Crippen LogP contribution < -0.4 is 0 Å². The van der Waals surface area contributed by atoms with E-state index < -0.39 is 8.69 Å². The molecule has 34 valence electrons. The van der Waals surface area contributed by atoms with Crippen molar-refractivity contribution in [3.05, 3.63) is 0 Å². The van der Waals surface area contributed by atoms with Crippen molar-refractivity contribution in [2.45, 2.75) is 0 Å². The molecule has 0 aromatic heterocycles. The van der Waals surface area contributed by atoms with E-state index >= 15 is 0 Å². The van der Waals surface area contributed by atoms with Crippen LogP contribution in [-0.4, -0.2) is 9.79 Å². The Balaban J connectivity index is 0. The summed E-state index contributed by atoms with van der Waals surface area (Å²) >= 11 is 0. The summed E-state index contributed by atoms with van der Waals surface area (Å²) in [4.78, 5) is 14.0. The first-order chi connectivity index (χ1) is 1.73. The summed E-state index contributed by atoms with van der Waals surface area (Å²) in [5, 5.41) is 0. The van der Waals surface area contributed by atoms with E-state index in [1.54, 1.807) is 0 Å². The van der Waals surface area contributed by atoms with Gasteiger partial charge in [-0.1, -0.05) is 0 Å². The van der Waals surface area contributed by atoms with E-state index in [4.69, 9.17) is 9.79 Å². The summed E-state index contributed by atoms with van der Waals surface area (Å²) in [7, 11) is -3.12. The summed E-state index contributed by atoms with van der Waals surface area (Å²) in [6.07, 6.45) is 0. The maximum absolute atomic E-state index is 10.2. The van der Waals surface area contributed by atoms with E-state index in [0.717, 1.165) is 0 Å².